The number of fused-ring (bicyclic) bond motifs is 1. The molecule has 6 nitrogen and oxygen atoms in total. The number of rotatable bonds is 3. The summed E-state index contributed by atoms with van der Waals surface area (Å²) in [6.07, 6.45) is -2.42. The summed E-state index contributed by atoms with van der Waals surface area (Å²) >= 11 is 0. The van der Waals surface area contributed by atoms with Gasteiger partial charge in [-0.3, -0.25) is 4.98 Å². The van der Waals surface area contributed by atoms with Crippen molar-refractivity contribution in [2.45, 2.75) is 23.1 Å². The van der Waals surface area contributed by atoms with Crippen LogP contribution in [0.1, 0.15) is 29.0 Å². The Kier molecular flexibility index (Phi) is 4.17. The summed E-state index contributed by atoms with van der Waals surface area (Å²) in [5.41, 5.74) is -1.35. The van der Waals surface area contributed by atoms with E-state index in [9.17, 15) is 26.7 Å². The third kappa shape index (κ3) is 2.79. The fraction of sp³-hybridized carbons (Fsp3) is 0.250. The quantitative estimate of drug-likeness (QED) is 0.873. The standard InChI is InChI=1S/C16H11F3N2O4S/c1-26(23,24)11-3-2-10(25-9-4-8(5-20)6-21-7-9)12-13(11)15(22)16(18,19)14(12)17/h2-4,6-7,14-15,22H,1H3/t14-,15+/m1/s1. The van der Waals surface area contributed by atoms with Crippen molar-refractivity contribution in [3.63, 3.8) is 0 Å². The molecular weight excluding hydrogens is 373 g/mol. The van der Waals surface area contributed by atoms with Crippen molar-refractivity contribution >= 4 is 9.84 Å². The lowest BCUT2D eigenvalue weighted by Gasteiger charge is -2.16. The minimum absolute atomic E-state index is 0.0322. The first-order valence-electron chi connectivity index (χ1n) is 7.17. The van der Waals surface area contributed by atoms with Gasteiger partial charge in [0.25, 0.3) is 0 Å². The Hall–Kier alpha value is -2.64. The minimum Gasteiger partial charge on any atom is -0.455 e. The maximum absolute atomic E-state index is 14.4. The Morgan fingerprint density at radius 3 is 2.62 bits per heavy atom. The van der Waals surface area contributed by atoms with Crippen LogP contribution in [0, 0.1) is 11.3 Å². The molecule has 3 rings (SSSR count). The number of nitriles is 1. The molecule has 2 atom stereocenters. The molecule has 0 saturated heterocycles. The van der Waals surface area contributed by atoms with Gasteiger partial charge in [0.2, 0.25) is 0 Å². The number of benzene rings is 1. The molecule has 1 aliphatic carbocycles. The maximum atomic E-state index is 14.4. The predicted molar refractivity (Wildman–Crippen MR) is 82.3 cm³/mol. The van der Waals surface area contributed by atoms with Gasteiger partial charge in [0.15, 0.2) is 16.0 Å². The van der Waals surface area contributed by atoms with Crippen molar-refractivity contribution in [1.82, 2.24) is 4.98 Å². The third-order valence-electron chi connectivity index (χ3n) is 3.91. The predicted octanol–water partition coefficient (Wildman–Crippen LogP) is 2.84. The highest BCUT2D eigenvalue weighted by atomic mass is 32.2. The molecule has 136 valence electrons. The van der Waals surface area contributed by atoms with Crippen LogP contribution in [-0.4, -0.2) is 30.7 Å². The monoisotopic (exact) mass is 384 g/mol. The van der Waals surface area contributed by atoms with Crippen LogP contribution in [-0.2, 0) is 9.84 Å². The lowest BCUT2D eigenvalue weighted by atomic mass is 10.1. The number of nitrogens with zero attached hydrogens (tertiary/aromatic N) is 2. The highest BCUT2D eigenvalue weighted by Gasteiger charge is 2.58. The van der Waals surface area contributed by atoms with Crippen molar-refractivity contribution in [2.75, 3.05) is 6.26 Å². The summed E-state index contributed by atoms with van der Waals surface area (Å²) in [5, 5.41) is 18.7. The van der Waals surface area contributed by atoms with Gasteiger partial charge >= 0.3 is 5.92 Å². The number of hydrogen-bond acceptors (Lipinski definition) is 6. The average molecular weight is 384 g/mol. The molecule has 1 aromatic heterocycles. The molecule has 0 unspecified atom stereocenters. The van der Waals surface area contributed by atoms with Crippen molar-refractivity contribution in [1.29, 1.82) is 5.26 Å². The zero-order chi connectivity index (χ0) is 19.3. The number of aromatic nitrogens is 1. The summed E-state index contributed by atoms with van der Waals surface area (Å²) in [4.78, 5) is 3.13. The highest BCUT2D eigenvalue weighted by Crippen LogP contribution is 2.57. The van der Waals surface area contributed by atoms with Crippen molar-refractivity contribution in [3.8, 4) is 17.6 Å². The Balaban J connectivity index is 2.20. The van der Waals surface area contributed by atoms with E-state index >= 15 is 0 Å². The number of alkyl halides is 3. The highest BCUT2D eigenvalue weighted by molar-refractivity contribution is 7.90. The van der Waals surface area contributed by atoms with Crippen molar-refractivity contribution < 1.29 is 31.4 Å². The van der Waals surface area contributed by atoms with E-state index in [-0.39, 0.29) is 11.3 Å². The first kappa shape index (κ1) is 18.2. The Morgan fingerprint density at radius 2 is 2.00 bits per heavy atom. The van der Waals surface area contributed by atoms with E-state index < -0.39 is 49.8 Å². The van der Waals surface area contributed by atoms with Crippen LogP contribution in [0.3, 0.4) is 0 Å². The van der Waals surface area contributed by atoms with Crippen LogP contribution in [0.2, 0.25) is 0 Å². The second-order valence-electron chi connectivity index (χ2n) is 5.72. The second kappa shape index (κ2) is 5.96. The molecule has 0 spiro atoms. The van der Waals surface area contributed by atoms with Gasteiger partial charge in [-0.1, -0.05) is 0 Å². The molecule has 0 amide bonds. The maximum Gasteiger partial charge on any atom is 0.312 e. The van der Waals surface area contributed by atoms with E-state index in [2.05, 4.69) is 4.98 Å². The topological polar surface area (TPSA) is 100 Å². The largest absolute Gasteiger partial charge is 0.455 e. The summed E-state index contributed by atoms with van der Waals surface area (Å²) in [6.45, 7) is 0. The molecule has 0 saturated carbocycles. The molecule has 26 heavy (non-hydrogen) atoms. The van der Waals surface area contributed by atoms with Gasteiger partial charge in [-0.15, -0.1) is 0 Å². The molecule has 1 N–H and O–H groups in total. The zero-order valence-electron chi connectivity index (χ0n) is 13.1. The molecule has 0 aliphatic heterocycles. The van der Waals surface area contributed by atoms with Gasteiger partial charge in [0.05, 0.1) is 16.7 Å². The summed E-state index contributed by atoms with van der Waals surface area (Å²) in [7, 11) is -4.01. The second-order valence-corrected chi connectivity index (χ2v) is 7.71. The SMILES string of the molecule is CS(=O)(=O)c1ccc(Oc2cncc(C#N)c2)c2c1[C@H](O)C(F)(F)[C@@H]2F. The fourth-order valence-corrected chi connectivity index (χ4v) is 3.67. The van der Waals surface area contributed by atoms with E-state index in [1.807, 2.05) is 6.07 Å². The number of aliphatic hydroxyl groups excluding tert-OH is 1. The molecule has 1 heterocycles. The fourth-order valence-electron chi connectivity index (χ4n) is 2.74. The van der Waals surface area contributed by atoms with E-state index in [4.69, 9.17) is 10.00 Å². The number of aliphatic hydroxyl groups is 1. The number of ether oxygens (including phenoxy) is 1. The Labute approximate surface area is 146 Å². The minimum atomic E-state index is -4.21. The summed E-state index contributed by atoms with van der Waals surface area (Å²) in [6, 6.07) is 5.04. The van der Waals surface area contributed by atoms with Crippen LogP contribution >= 0.6 is 0 Å². The molecule has 2 aromatic rings. The lowest BCUT2D eigenvalue weighted by Crippen LogP contribution is -2.24. The smallest absolute Gasteiger partial charge is 0.312 e. The van der Waals surface area contributed by atoms with Crippen LogP contribution < -0.4 is 4.74 Å². The van der Waals surface area contributed by atoms with Gasteiger partial charge in [0, 0.05) is 29.6 Å². The lowest BCUT2D eigenvalue weighted by molar-refractivity contribution is -0.143. The average Bonchev–Trinajstić information content (AvgIpc) is 2.75. The number of hydrogen-bond donors (Lipinski definition) is 1. The van der Waals surface area contributed by atoms with Crippen LogP contribution in [0.15, 0.2) is 35.5 Å². The van der Waals surface area contributed by atoms with Gasteiger partial charge < -0.3 is 9.84 Å². The molecule has 0 radical (unpaired) electrons. The third-order valence-corrected chi connectivity index (χ3v) is 5.06. The zero-order valence-corrected chi connectivity index (χ0v) is 14.0. The van der Waals surface area contributed by atoms with Crippen molar-refractivity contribution in [3.05, 3.63) is 47.3 Å². The van der Waals surface area contributed by atoms with E-state index in [1.165, 1.54) is 18.5 Å². The van der Waals surface area contributed by atoms with E-state index in [1.54, 1.807) is 0 Å². The van der Waals surface area contributed by atoms with Crippen molar-refractivity contribution in [2.24, 2.45) is 0 Å². The van der Waals surface area contributed by atoms with Crippen LogP contribution in [0.5, 0.6) is 11.5 Å². The Bertz CT molecular complexity index is 1030. The summed E-state index contributed by atoms with van der Waals surface area (Å²) < 4.78 is 71.4. The number of pyridine rings is 1. The van der Waals surface area contributed by atoms with Gasteiger partial charge in [-0.05, 0) is 12.1 Å². The van der Waals surface area contributed by atoms with E-state index in [0.29, 0.717) is 0 Å². The Morgan fingerprint density at radius 1 is 1.31 bits per heavy atom. The van der Waals surface area contributed by atoms with Gasteiger partial charge in [-0.2, -0.15) is 14.0 Å². The van der Waals surface area contributed by atoms with Gasteiger partial charge in [0.1, 0.15) is 23.7 Å². The molecular formula is C16H11F3N2O4S. The molecule has 1 aromatic carbocycles. The first-order chi connectivity index (χ1) is 12.1. The molecule has 0 bridgehead atoms. The molecule has 10 heteroatoms. The first-order valence-corrected chi connectivity index (χ1v) is 9.06. The van der Waals surface area contributed by atoms with E-state index in [0.717, 1.165) is 18.4 Å². The van der Waals surface area contributed by atoms with Crippen LogP contribution in [0.25, 0.3) is 0 Å². The summed E-state index contributed by atoms with van der Waals surface area (Å²) in [5.74, 6) is -4.64. The van der Waals surface area contributed by atoms with Crippen LogP contribution in [0.4, 0.5) is 13.2 Å². The molecule has 1 aliphatic rings. The number of sulfone groups is 1. The normalized spacial score (nSPS) is 21.1. The molecule has 0 fully saturated rings. The number of halogens is 3. The van der Waals surface area contributed by atoms with Gasteiger partial charge in [-0.25, -0.2) is 12.8 Å².